The number of nitrogens with zero attached hydrogens (tertiary/aromatic N) is 5. The van der Waals surface area contributed by atoms with Crippen LogP contribution in [0.2, 0.25) is 0 Å². The van der Waals surface area contributed by atoms with Crippen LogP contribution in [0.15, 0.2) is 67.3 Å². The van der Waals surface area contributed by atoms with Crippen LogP contribution in [0.5, 0.6) is 0 Å². The second kappa shape index (κ2) is 11.2. The molecule has 0 radical (unpaired) electrons. The smallest absolute Gasteiger partial charge is 0.255 e. The number of benzene rings is 1. The Morgan fingerprint density at radius 3 is 2.38 bits per heavy atom. The van der Waals surface area contributed by atoms with Gasteiger partial charge in [-0.15, -0.1) is 0 Å². The molecule has 200 valence electrons. The van der Waals surface area contributed by atoms with E-state index in [1.165, 1.54) is 0 Å². The standard InChI is InChI=1S/C29H30N6O4/c36-27(33-8-12-38-13-9-33)17-21-2-1-3-22(16-21)24-18-25(28-30-6-7-35(28)20-24)32-26-5-4-23(19-31-26)29(37)34-10-14-39-15-11-34/h1-7,16,18-20H,8-15,17H2,(H,31,32). The van der Waals surface area contributed by atoms with E-state index in [0.717, 1.165) is 28.0 Å². The van der Waals surface area contributed by atoms with Gasteiger partial charge in [-0.3, -0.25) is 9.59 Å². The Kier molecular flexibility index (Phi) is 7.20. The van der Waals surface area contributed by atoms with Crippen LogP contribution in [0, 0.1) is 0 Å². The third-order valence-electron chi connectivity index (χ3n) is 7.04. The zero-order chi connectivity index (χ0) is 26.6. The molecule has 2 aliphatic heterocycles. The maximum Gasteiger partial charge on any atom is 0.255 e. The lowest BCUT2D eigenvalue weighted by Crippen LogP contribution is -2.41. The van der Waals surface area contributed by atoms with Crippen molar-refractivity contribution in [3.63, 3.8) is 0 Å². The third-order valence-corrected chi connectivity index (χ3v) is 7.04. The first-order chi connectivity index (χ1) is 19.1. The molecule has 10 heteroatoms. The normalized spacial score (nSPS) is 15.9. The highest BCUT2D eigenvalue weighted by Gasteiger charge is 2.19. The van der Waals surface area contributed by atoms with E-state index in [0.29, 0.717) is 70.4 Å². The van der Waals surface area contributed by atoms with E-state index in [4.69, 9.17) is 9.47 Å². The molecule has 10 nitrogen and oxygen atoms in total. The van der Waals surface area contributed by atoms with Gasteiger partial charge in [0.25, 0.3) is 5.91 Å². The Balaban J connectivity index is 1.22. The van der Waals surface area contributed by atoms with Gasteiger partial charge >= 0.3 is 0 Å². The van der Waals surface area contributed by atoms with E-state index in [9.17, 15) is 9.59 Å². The Bertz CT molecular complexity index is 1470. The van der Waals surface area contributed by atoms with Crippen LogP contribution in [0.1, 0.15) is 15.9 Å². The van der Waals surface area contributed by atoms with Gasteiger partial charge in [0, 0.05) is 56.5 Å². The van der Waals surface area contributed by atoms with Crippen LogP contribution in [0.4, 0.5) is 11.5 Å². The minimum absolute atomic E-state index is 0.0398. The molecule has 4 aromatic rings. The Morgan fingerprint density at radius 2 is 1.64 bits per heavy atom. The number of carbonyl (C=O) groups is 2. The van der Waals surface area contributed by atoms with Crippen LogP contribution < -0.4 is 5.32 Å². The fourth-order valence-electron chi connectivity index (χ4n) is 4.92. The van der Waals surface area contributed by atoms with Crippen molar-refractivity contribution in [2.45, 2.75) is 6.42 Å². The van der Waals surface area contributed by atoms with Crippen molar-refractivity contribution in [1.82, 2.24) is 24.2 Å². The molecule has 0 bridgehead atoms. The molecule has 6 rings (SSSR count). The number of imidazole rings is 1. The van der Waals surface area contributed by atoms with Gasteiger partial charge in [-0.2, -0.15) is 0 Å². The van der Waals surface area contributed by atoms with Crippen molar-refractivity contribution in [2.24, 2.45) is 0 Å². The molecule has 0 spiro atoms. The average molecular weight is 527 g/mol. The van der Waals surface area contributed by atoms with Gasteiger partial charge in [0.2, 0.25) is 5.91 Å². The number of morpholine rings is 2. The third kappa shape index (κ3) is 5.62. The predicted molar refractivity (Wildman–Crippen MR) is 146 cm³/mol. The van der Waals surface area contributed by atoms with Crippen molar-refractivity contribution in [3.05, 3.63) is 78.4 Å². The number of rotatable bonds is 6. The van der Waals surface area contributed by atoms with Gasteiger partial charge in [-0.05, 0) is 29.3 Å². The molecule has 39 heavy (non-hydrogen) atoms. The topological polar surface area (TPSA) is 101 Å². The number of carbonyl (C=O) groups excluding carboxylic acids is 2. The molecule has 0 aliphatic carbocycles. The highest BCUT2D eigenvalue weighted by Crippen LogP contribution is 2.28. The first-order valence-corrected chi connectivity index (χ1v) is 13.2. The molecular weight excluding hydrogens is 496 g/mol. The Labute approximate surface area is 226 Å². The van der Waals surface area contributed by atoms with Crippen LogP contribution in [0.3, 0.4) is 0 Å². The van der Waals surface area contributed by atoms with Gasteiger partial charge in [0.05, 0.1) is 44.1 Å². The van der Waals surface area contributed by atoms with Crippen LogP contribution in [0.25, 0.3) is 16.8 Å². The highest BCUT2D eigenvalue weighted by molar-refractivity contribution is 5.94. The van der Waals surface area contributed by atoms with E-state index in [1.807, 2.05) is 46.0 Å². The van der Waals surface area contributed by atoms with E-state index in [1.54, 1.807) is 29.4 Å². The fraction of sp³-hybridized carbons (Fsp3) is 0.310. The number of hydrogen-bond donors (Lipinski definition) is 1. The molecule has 0 unspecified atom stereocenters. The number of anilines is 2. The van der Waals surface area contributed by atoms with Gasteiger partial charge < -0.3 is 29.0 Å². The fourth-order valence-corrected chi connectivity index (χ4v) is 4.92. The summed E-state index contributed by atoms with van der Waals surface area (Å²) in [6.45, 7) is 4.76. The zero-order valence-electron chi connectivity index (χ0n) is 21.6. The van der Waals surface area contributed by atoms with Crippen molar-refractivity contribution < 1.29 is 19.1 Å². The van der Waals surface area contributed by atoms with Gasteiger partial charge in [-0.25, -0.2) is 9.97 Å². The predicted octanol–water partition coefficient (Wildman–Crippen LogP) is 3.01. The number of ether oxygens (including phenoxy) is 2. The second-order valence-corrected chi connectivity index (χ2v) is 9.63. The van der Waals surface area contributed by atoms with Crippen molar-refractivity contribution in [1.29, 1.82) is 0 Å². The highest BCUT2D eigenvalue weighted by atomic mass is 16.5. The van der Waals surface area contributed by atoms with E-state index in [2.05, 4.69) is 21.4 Å². The minimum atomic E-state index is -0.0398. The number of hydrogen-bond acceptors (Lipinski definition) is 7. The minimum Gasteiger partial charge on any atom is -0.378 e. The summed E-state index contributed by atoms with van der Waals surface area (Å²) in [6, 6.07) is 13.7. The van der Waals surface area contributed by atoms with Crippen LogP contribution in [-0.2, 0) is 20.7 Å². The van der Waals surface area contributed by atoms with E-state index < -0.39 is 0 Å². The summed E-state index contributed by atoms with van der Waals surface area (Å²) < 4.78 is 12.7. The zero-order valence-corrected chi connectivity index (χ0v) is 21.6. The Morgan fingerprint density at radius 1 is 0.872 bits per heavy atom. The molecule has 0 atom stereocenters. The monoisotopic (exact) mass is 526 g/mol. The van der Waals surface area contributed by atoms with Crippen molar-refractivity contribution >= 4 is 29.0 Å². The average Bonchev–Trinajstić information content (AvgIpc) is 3.48. The van der Waals surface area contributed by atoms with Gasteiger partial charge in [0.15, 0.2) is 5.65 Å². The molecule has 2 fully saturated rings. The number of amides is 2. The number of nitrogens with one attached hydrogen (secondary N) is 1. The number of fused-ring (bicyclic) bond motifs is 1. The maximum atomic E-state index is 12.8. The summed E-state index contributed by atoms with van der Waals surface area (Å²) >= 11 is 0. The molecule has 2 saturated heterocycles. The van der Waals surface area contributed by atoms with Crippen molar-refractivity contribution in [2.75, 3.05) is 57.9 Å². The van der Waals surface area contributed by atoms with Crippen molar-refractivity contribution in [3.8, 4) is 11.1 Å². The maximum absolute atomic E-state index is 12.8. The summed E-state index contributed by atoms with van der Waals surface area (Å²) in [4.78, 5) is 38.2. The summed E-state index contributed by atoms with van der Waals surface area (Å²) in [7, 11) is 0. The van der Waals surface area contributed by atoms with E-state index >= 15 is 0 Å². The van der Waals surface area contributed by atoms with Gasteiger partial charge in [-0.1, -0.05) is 24.3 Å². The molecule has 1 N–H and O–H groups in total. The quantitative estimate of drug-likeness (QED) is 0.412. The molecule has 2 aliphatic rings. The lowest BCUT2D eigenvalue weighted by Gasteiger charge is -2.27. The summed E-state index contributed by atoms with van der Waals surface area (Å²) in [5, 5.41) is 3.37. The lowest BCUT2D eigenvalue weighted by atomic mass is 10.0. The molecule has 0 saturated carbocycles. The molecular formula is C29H30N6O4. The molecule has 3 aromatic heterocycles. The molecule has 5 heterocycles. The largest absolute Gasteiger partial charge is 0.378 e. The second-order valence-electron chi connectivity index (χ2n) is 9.63. The summed E-state index contributed by atoms with van der Waals surface area (Å²) in [5.74, 6) is 0.687. The molecule has 2 amide bonds. The number of aromatic nitrogens is 3. The Hall–Kier alpha value is -4.28. The van der Waals surface area contributed by atoms with Crippen LogP contribution in [-0.4, -0.2) is 88.6 Å². The van der Waals surface area contributed by atoms with E-state index in [-0.39, 0.29) is 11.8 Å². The number of pyridine rings is 2. The SMILES string of the molecule is O=C(Cc1cccc(-c2cc(Nc3ccc(C(=O)N4CCOCC4)cn3)c3nccn3c2)c1)N1CCOCC1. The first-order valence-electron chi connectivity index (χ1n) is 13.2. The lowest BCUT2D eigenvalue weighted by molar-refractivity contribution is -0.134. The van der Waals surface area contributed by atoms with Crippen LogP contribution >= 0.6 is 0 Å². The first kappa shape index (κ1) is 25.0. The molecule has 1 aromatic carbocycles. The summed E-state index contributed by atoms with van der Waals surface area (Å²) in [5.41, 5.74) is 5.03. The summed E-state index contributed by atoms with van der Waals surface area (Å²) in [6.07, 6.45) is 7.62. The van der Waals surface area contributed by atoms with Gasteiger partial charge in [0.1, 0.15) is 5.82 Å².